The lowest BCUT2D eigenvalue weighted by atomic mass is 10.1. The van der Waals surface area contributed by atoms with Crippen molar-refractivity contribution in [2.75, 3.05) is 20.3 Å². The minimum atomic E-state index is -0.669. The van der Waals surface area contributed by atoms with E-state index < -0.39 is 11.9 Å². The van der Waals surface area contributed by atoms with Crippen LogP contribution in [0.4, 0.5) is 4.39 Å². The first-order valence-electron chi connectivity index (χ1n) is 5.24. The van der Waals surface area contributed by atoms with Crippen LogP contribution >= 0.6 is 0 Å². The van der Waals surface area contributed by atoms with Gasteiger partial charge in [-0.3, -0.25) is 0 Å². The van der Waals surface area contributed by atoms with E-state index in [1.165, 1.54) is 12.1 Å². The third-order valence-electron chi connectivity index (χ3n) is 2.19. The molecule has 3 nitrogen and oxygen atoms in total. The van der Waals surface area contributed by atoms with Crippen LogP contribution in [0.3, 0.4) is 0 Å². The molecule has 0 saturated carbocycles. The summed E-state index contributed by atoms with van der Waals surface area (Å²) < 4.78 is 23.5. The lowest BCUT2D eigenvalue weighted by Gasteiger charge is -2.09. The molecular weight excluding hydrogens is 211 g/mol. The minimum absolute atomic E-state index is 0.209. The van der Waals surface area contributed by atoms with E-state index in [9.17, 15) is 9.50 Å². The third-order valence-corrected chi connectivity index (χ3v) is 2.19. The van der Waals surface area contributed by atoms with Gasteiger partial charge in [-0.25, -0.2) is 4.39 Å². The fraction of sp³-hybridized carbons (Fsp3) is 0.500. The van der Waals surface area contributed by atoms with Crippen LogP contribution in [0.1, 0.15) is 25.0 Å². The summed E-state index contributed by atoms with van der Waals surface area (Å²) in [6.07, 6.45) is 0.0470. The Bertz CT molecular complexity index is 326. The number of hydrogen-bond donors (Lipinski definition) is 1. The van der Waals surface area contributed by atoms with Crippen molar-refractivity contribution >= 4 is 0 Å². The number of benzene rings is 1. The van der Waals surface area contributed by atoms with Crippen molar-refractivity contribution in [3.05, 3.63) is 29.6 Å². The molecule has 0 aliphatic carbocycles. The summed E-state index contributed by atoms with van der Waals surface area (Å²) in [6.45, 7) is 2.60. The summed E-state index contributed by atoms with van der Waals surface area (Å²) in [7, 11) is 1.61. The van der Waals surface area contributed by atoms with Crippen molar-refractivity contribution in [3.63, 3.8) is 0 Å². The quantitative estimate of drug-likeness (QED) is 0.759. The Morgan fingerprint density at radius 2 is 2.12 bits per heavy atom. The second kappa shape index (κ2) is 6.45. The van der Waals surface area contributed by atoms with E-state index in [-0.39, 0.29) is 5.75 Å². The zero-order chi connectivity index (χ0) is 12.0. The van der Waals surface area contributed by atoms with Gasteiger partial charge in [-0.05, 0) is 24.6 Å². The molecule has 1 N–H and O–H groups in total. The molecule has 0 unspecified atom stereocenters. The maximum Gasteiger partial charge on any atom is 0.165 e. The summed E-state index contributed by atoms with van der Waals surface area (Å²) in [5.74, 6) is -0.240. The van der Waals surface area contributed by atoms with Gasteiger partial charge in [-0.1, -0.05) is 6.07 Å². The van der Waals surface area contributed by atoms with Crippen LogP contribution in [0.5, 0.6) is 5.75 Å². The molecule has 4 heteroatoms. The second-order valence-electron chi connectivity index (χ2n) is 3.56. The van der Waals surface area contributed by atoms with E-state index in [4.69, 9.17) is 9.47 Å². The van der Waals surface area contributed by atoms with Gasteiger partial charge in [0.25, 0.3) is 0 Å². The molecule has 0 fully saturated rings. The number of rotatable bonds is 6. The highest BCUT2D eigenvalue weighted by atomic mass is 19.1. The lowest BCUT2D eigenvalue weighted by molar-refractivity contribution is 0.170. The van der Waals surface area contributed by atoms with E-state index in [0.29, 0.717) is 25.2 Å². The van der Waals surface area contributed by atoms with E-state index in [1.54, 1.807) is 20.1 Å². The molecule has 0 aliphatic heterocycles. The molecule has 0 saturated heterocycles. The predicted octanol–water partition coefficient (Wildman–Crippen LogP) is 2.29. The van der Waals surface area contributed by atoms with Crippen LogP contribution in [0.2, 0.25) is 0 Å². The molecule has 0 amide bonds. The van der Waals surface area contributed by atoms with Gasteiger partial charge in [-0.2, -0.15) is 0 Å². The fourth-order valence-corrected chi connectivity index (χ4v) is 1.28. The number of aliphatic hydroxyl groups is 1. The fourth-order valence-electron chi connectivity index (χ4n) is 1.28. The van der Waals surface area contributed by atoms with Gasteiger partial charge < -0.3 is 14.6 Å². The third kappa shape index (κ3) is 3.79. The standard InChI is InChI=1S/C12H17FO3/c1-9(14)10-4-5-12(11(13)8-10)16-7-3-6-15-2/h4-5,8-9,14H,3,6-7H2,1-2H3/t9-/m0/s1. The van der Waals surface area contributed by atoms with Gasteiger partial charge in [0, 0.05) is 20.1 Å². The Labute approximate surface area is 94.8 Å². The summed E-state index contributed by atoms with van der Waals surface area (Å²) in [4.78, 5) is 0. The molecule has 90 valence electrons. The SMILES string of the molecule is COCCCOc1ccc([C@H](C)O)cc1F. The Morgan fingerprint density at radius 1 is 1.38 bits per heavy atom. The summed E-state index contributed by atoms with van der Waals surface area (Å²) in [5, 5.41) is 9.26. The molecule has 0 spiro atoms. The van der Waals surface area contributed by atoms with Gasteiger partial charge >= 0.3 is 0 Å². The molecule has 0 aromatic heterocycles. The first-order valence-corrected chi connectivity index (χ1v) is 5.24. The Kier molecular flexibility index (Phi) is 5.22. The van der Waals surface area contributed by atoms with E-state index in [0.717, 1.165) is 0 Å². The maximum atomic E-state index is 13.5. The van der Waals surface area contributed by atoms with Gasteiger partial charge in [0.1, 0.15) is 0 Å². The molecule has 0 bridgehead atoms. The van der Waals surface area contributed by atoms with Crippen LogP contribution < -0.4 is 4.74 Å². The topological polar surface area (TPSA) is 38.7 Å². The highest BCUT2D eigenvalue weighted by Crippen LogP contribution is 2.21. The van der Waals surface area contributed by atoms with Crippen LogP contribution in [-0.4, -0.2) is 25.4 Å². The van der Waals surface area contributed by atoms with Crippen LogP contribution in [0.15, 0.2) is 18.2 Å². The molecule has 0 heterocycles. The van der Waals surface area contributed by atoms with E-state index >= 15 is 0 Å². The number of methoxy groups -OCH3 is 1. The van der Waals surface area contributed by atoms with Crippen molar-refractivity contribution in [1.29, 1.82) is 0 Å². The Hall–Kier alpha value is -1.13. The second-order valence-corrected chi connectivity index (χ2v) is 3.56. The molecule has 16 heavy (non-hydrogen) atoms. The van der Waals surface area contributed by atoms with Crippen molar-refractivity contribution in [2.45, 2.75) is 19.4 Å². The van der Waals surface area contributed by atoms with Crippen molar-refractivity contribution in [3.8, 4) is 5.75 Å². The summed E-state index contributed by atoms with van der Waals surface area (Å²) in [6, 6.07) is 4.47. The summed E-state index contributed by atoms with van der Waals surface area (Å²) >= 11 is 0. The van der Waals surface area contributed by atoms with Crippen molar-refractivity contribution in [1.82, 2.24) is 0 Å². The number of hydrogen-bond acceptors (Lipinski definition) is 3. The van der Waals surface area contributed by atoms with Gasteiger partial charge in [0.2, 0.25) is 0 Å². The average Bonchev–Trinajstić information content (AvgIpc) is 2.26. The molecule has 0 aliphatic rings. The zero-order valence-electron chi connectivity index (χ0n) is 9.57. The minimum Gasteiger partial charge on any atom is -0.490 e. The lowest BCUT2D eigenvalue weighted by Crippen LogP contribution is -2.03. The van der Waals surface area contributed by atoms with Crippen LogP contribution in [-0.2, 0) is 4.74 Å². The first-order chi connectivity index (χ1) is 7.65. The van der Waals surface area contributed by atoms with Crippen molar-refractivity contribution in [2.24, 2.45) is 0 Å². The molecule has 1 atom stereocenters. The number of ether oxygens (including phenoxy) is 2. The van der Waals surface area contributed by atoms with Crippen LogP contribution in [0, 0.1) is 5.82 Å². The number of aliphatic hydroxyl groups excluding tert-OH is 1. The monoisotopic (exact) mass is 228 g/mol. The normalized spacial score (nSPS) is 12.5. The van der Waals surface area contributed by atoms with E-state index in [2.05, 4.69) is 0 Å². The first kappa shape index (κ1) is 12.9. The molecular formula is C12H17FO3. The highest BCUT2D eigenvalue weighted by molar-refractivity contribution is 5.30. The molecule has 0 radical (unpaired) electrons. The van der Waals surface area contributed by atoms with E-state index in [1.807, 2.05) is 0 Å². The van der Waals surface area contributed by atoms with Gasteiger partial charge in [0.15, 0.2) is 11.6 Å². The summed E-state index contributed by atoms with van der Waals surface area (Å²) in [5.41, 5.74) is 0.543. The Balaban J connectivity index is 2.54. The smallest absolute Gasteiger partial charge is 0.165 e. The zero-order valence-corrected chi connectivity index (χ0v) is 9.57. The average molecular weight is 228 g/mol. The van der Waals surface area contributed by atoms with Crippen molar-refractivity contribution < 1.29 is 19.0 Å². The predicted molar refractivity (Wildman–Crippen MR) is 59.0 cm³/mol. The molecule has 1 aromatic carbocycles. The largest absolute Gasteiger partial charge is 0.490 e. The van der Waals surface area contributed by atoms with Gasteiger partial charge in [0.05, 0.1) is 12.7 Å². The number of halogens is 1. The molecule has 1 aromatic rings. The van der Waals surface area contributed by atoms with Gasteiger partial charge in [-0.15, -0.1) is 0 Å². The highest BCUT2D eigenvalue weighted by Gasteiger charge is 2.07. The molecule has 1 rings (SSSR count). The van der Waals surface area contributed by atoms with Crippen LogP contribution in [0.25, 0.3) is 0 Å². The maximum absolute atomic E-state index is 13.5. The Morgan fingerprint density at radius 3 is 2.69 bits per heavy atom.